The molecule has 0 aliphatic rings. The minimum atomic E-state index is -1.27. The highest BCUT2D eigenvalue weighted by molar-refractivity contribution is 7.41. The molecule has 0 aliphatic heterocycles. The van der Waals surface area contributed by atoms with E-state index in [1.807, 2.05) is 13.8 Å². The number of rotatable bonds is 12. The van der Waals surface area contributed by atoms with Crippen LogP contribution in [0.25, 0.3) is 0 Å². The second-order valence-corrected chi connectivity index (χ2v) is 6.30. The van der Waals surface area contributed by atoms with Crippen molar-refractivity contribution >= 4 is 26.1 Å². The molecule has 0 saturated carbocycles. The molecule has 0 atom stereocenters. The number of unbranched alkanes of at least 4 members (excludes halogenated alkanes) is 1. The van der Waals surface area contributed by atoms with E-state index in [4.69, 9.17) is 13.6 Å². The molecular weight excluding hydrogens is 343 g/mol. The molecule has 1 aromatic rings. The van der Waals surface area contributed by atoms with Crippen molar-refractivity contribution in [2.75, 3.05) is 31.7 Å². The van der Waals surface area contributed by atoms with E-state index in [0.29, 0.717) is 37.6 Å². The number of amides is 2. The normalized spacial score (nSPS) is 10.7. The van der Waals surface area contributed by atoms with Gasteiger partial charge >= 0.3 is 8.60 Å². The summed E-state index contributed by atoms with van der Waals surface area (Å²) < 4.78 is 16.2. The zero-order valence-corrected chi connectivity index (χ0v) is 15.9. The smallest absolute Gasteiger partial charge is 0.332 e. The van der Waals surface area contributed by atoms with Crippen molar-refractivity contribution in [1.82, 2.24) is 5.32 Å². The lowest BCUT2D eigenvalue weighted by atomic mass is 10.1. The predicted molar refractivity (Wildman–Crippen MR) is 98.4 cm³/mol. The molecule has 0 saturated heterocycles. The molecule has 0 aromatic heterocycles. The van der Waals surface area contributed by atoms with Crippen LogP contribution in [0.2, 0.25) is 0 Å². The van der Waals surface area contributed by atoms with Crippen molar-refractivity contribution < 1.29 is 23.2 Å². The Balaban J connectivity index is 2.30. The molecule has 0 spiro atoms. The third-order valence-corrected chi connectivity index (χ3v) is 4.34. The van der Waals surface area contributed by atoms with Crippen molar-refractivity contribution in [3.05, 3.63) is 29.8 Å². The Bertz CT molecular complexity index is 536. The van der Waals surface area contributed by atoms with Gasteiger partial charge in [0, 0.05) is 13.5 Å². The van der Waals surface area contributed by atoms with Gasteiger partial charge in [-0.1, -0.05) is 12.1 Å². The molecule has 2 N–H and O–H groups in total. The number of hydrogen-bond acceptors (Lipinski definition) is 5. The van der Waals surface area contributed by atoms with Crippen LogP contribution in [0.15, 0.2) is 24.3 Å². The lowest BCUT2D eigenvalue weighted by molar-refractivity contribution is -0.114. The van der Waals surface area contributed by atoms with E-state index in [2.05, 4.69) is 10.6 Å². The van der Waals surface area contributed by atoms with Crippen molar-refractivity contribution in [2.24, 2.45) is 0 Å². The average Bonchev–Trinajstić information content (AvgIpc) is 2.58. The minimum Gasteiger partial charge on any atom is -0.352 e. The van der Waals surface area contributed by atoms with Gasteiger partial charge in [0.05, 0.1) is 31.1 Å². The third kappa shape index (κ3) is 8.93. The maximum Gasteiger partial charge on any atom is 0.332 e. The summed E-state index contributed by atoms with van der Waals surface area (Å²) in [5.74, 6) is -0.423. The van der Waals surface area contributed by atoms with Crippen LogP contribution in [-0.4, -0.2) is 38.2 Å². The highest BCUT2D eigenvalue weighted by Gasteiger charge is 2.12. The Kier molecular flexibility index (Phi) is 11.0. The lowest BCUT2D eigenvalue weighted by Crippen LogP contribution is -2.26. The average molecular weight is 370 g/mol. The van der Waals surface area contributed by atoms with Crippen LogP contribution in [0.3, 0.4) is 0 Å². The Morgan fingerprint density at radius 2 is 1.72 bits per heavy atom. The molecule has 8 heteroatoms. The van der Waals surface area contributed by atoms with Crippen LogP contribution < -0.4 is 10.6 Å². The van der Waals surface area contributed by atoms with Crippen molar-refractivity contribution in [2.45, 2.75) is 33.6 Å². The molecule has 0 bridgehead atoms. The first-order valence-corrected chi connectivity index (χ1v) is 9.51. The molecule has 0 fully saturated rings. The van der Waals surface area contributed by atoms with E-state index in [-0.39, 0.29) is 11.8 Å². The summed E-state index contributed by atoms with van der Waals surface area (Å²) >= 11 is 0. The Labute approximate surface area is 150 Å². The maximum absolute atomic E-state index is 12.2. The number of carbonyl (C=O) groups is 2. The Morgan fingerprint density at radius 1 is 1.04 bits per heavy atom. The van der Waals surface area contributed by atoms with E-state index in [0.717, 1.165) is 12.8 Å². The number of anilines is 1. The summed E-state index contributed by atoms with van der Waals surface area (Å²) in [6, 6.07) is 6.92. The number of benzene rings is 1. The Hall–Kier alpha value is -1.53. The van der Waals surface area contributed by atoms with Crippen molar-refractivity contribution in [1.29, 1.82) is 0 Å². The van der Waals surface area contributed by atoms with E-state index in [9.17, 15) is 9.59 Å². The first-order valence-electron chi connectivity index (χ1n) is 8.42. The fourth-order valence-electron chi connectivity index (χ4n) is 1.97. The lowest BCUT2D eigenvalue weighted by Gasteiger charge is -2.14. The van der Waals surface area contributed by atoms with Gasteiger partial charge in [0.25, 0.3) is 5.91 Å². The molecule has 0 radical (unpaired) electrons. The summed E-state index contributed by atoms with van der Waals surface area (Å²) in [5, 5.41) is 5.50. The van der Waals surface area contributed by atoms with E-state index in [1.54, 1.807) is 24.3 Å². The second kappa shape index (κ2) is 12.8. The molecule has 0 heterocycles. The molecule has 2 amide bonds. The SMILES string of the molecule is CCOP(OCC)OCCCCNC(=O)c1ccccc1NC(C)=O. The molecule has 1 rings (SSSR count). The molecule has 140 valence electrons. The van der Waals surface area contributed by atoms with Gasteiger partial charge in [0.15, 0.2) is 0 Å². The van der Waals surface area contributed by atoms with Gasteiger partial charge in [-0.2, -0.15) is 0 Å². The topological polar surface area (TPSA) is 85.9 Å². The highest BCUT2D eigenvalue weighted by atomic mass is 31.2. The van der Waals surface area contributed by atoms with E-state index in [1.165, 1.54) is 6.92 Å². The summed E-state index contributed by atoms with van der Waals surface area (Å²) in [7, 11) is -1.27. The van der Waals surface area contributed by atoms with Gasteiger partial charge < -0.3 is 24.2 Å². The molecule has 0 unspecified atom stereocenters. The summed E-state index contributed by atoms with van der Waals surface area (Å²) in [6.45, 7) is 7.35. The quantitative estimate of drug-likeness (QED) is 0.435. The van der Waals surface area contributed by atoms with Crippen molar-refractivity contribution in [3.8, 4) is 0 Å². The van der Waals surface area contributed by atoms with Gasteiger partial charge in [0.1, 0.15) is 0 Å². The molecule has 0 aliphatic carbocycles. The summed E-state index contributed by atoms with van der Waals surface area (Å²) in [4.78, 5) is 23.4. The van der Waals surface area contributed by atoms with Crippen LogP contribution in [-0.2, 0) is 18.4 Å². The first-order chi connectivity index (χ1) is 12.1. The zero-order valence-electron chi connectivity index (χ0n) is 15.0. The molecule has 7 nitrogen and oxygen atoms in total. The number of carbonyl (C=O) groups excluding carboxylic acids is 2. The van der Waals surface area contributed by atoms with Gasteiger partial charge in [-0.25, -0.2) is 0 Å². The predicted octanol–water partition coefficient (Wildman–Crippen LogP) is 3.47. The van der Waals surface area contributed by atoms with E-state index >= 15 is 0 Å². The highest BCUT2D eigenvalue weighted by Crippen LogP contribution is 2.39. The summed E-state index contributed by atoms with van der Waals surface area (Å²) in [5.41, 5.74) is 0.958. The summed E-state index contributed by atoms with van der Waals surface area (Å²) in [6.07, 6.45) is 1.56. The minimum absolute atomic E-state index is 0.211. The van der Waals surface area contributed by atoms with Crippen LogP contribution in [0.4, 0.5) is 5.69 Å². The van der Waals surface area contributed by atoms with Crippen LogP contribution in [0.5, 0.6) is 0 Å². The standard InChI is InChI=1S/C17H27N2O5P/c1-4-22-25(23-5-2)24-13-9-8-12-18-17(21)15-10-6-7-11-16(15)19-14(3)20/h6-7,10-11H,4-5,8-9,12-13H2,1-3H3,(H,18,21)(H,19,20). The number of para-hydroxylation sites is 1. The zero-order chi connectivity index (χ0) is 18.5. The third-order valence-electron chi connectivity index (χ3n) is 3.00. The second-order valence-electron chi connectivity index (χ2n) is 5.08. The monoisotopic (exact) mass is 370 g/mol. The van der Waals surface area contributed by atoms with Crippen LogP contribution in [0.1, 0.15) is 44.0 Å². The van der Waals surface area contributed by atoms with Gasteiger partial charge in [-0.3, -0.25) is 9.59 Å². The maximum atomic E-state index is 12.2. The molecule has 1 aromatic carbocycles. The fraction of sp³-hybridized carbons (Fsp3) is 0.529. The van der Waals surface area contributed by atoms with E-state index < -0.39 is 8.60 Å². The first kappa shape index (κ1) is 21.5. The van der Waals surface area contributed by atoms with Gasteiger partial charge in [-0.05, 0) is 38.8 Å². The molecular formula is C17H27N2O5P. The largest absolute Gasteiger partial charge is 0.352 e. The fourth-order valence-corrected chi connectivity index (χ4v) is 2.89. The molecule has 25 heavy (non-hydrogen) atoms. The Morgan fingerprint density at radius 3 is 2.36 bits per heavy atom. The number of hydrogen-bond donors (Lipinski definition) is 2. The van der Waals surface area contributed by atoms with Gasteiger partial charge in [-0.15, -0.1) is 0 Å². The van der Waals surface area contributed by atoms with Crippen molar-refractivity contribution in [3.63, 3.8) is 0 Å². The van der Waals surface area contributed by atoms with Gasteiger partial charge in [0.2, 0.25) is 5.91 Å². The van der Waals surface area contributed by atoms with Crippen LogP contribution in [0, 0.1) is 0 Å². The number of nitrogens with one attached hydrogen (secondary N) is 2. The van der Waals surface area contributed by atoms with Crippen LogP contribution >= 0.6 is 8.60 Å².